The molecule has 38 heavy (non-hydrogen) atoms. The first kappa shape index (κ1) is 27.3. The minimum atomic E-state index is -1.28. The minimum absolute atomic E-state index is 0.00590. The summed E-state index contributed by atoms with van der Waals surface area (Å²) in [6.45, 7) is 3.24. The van der Waals surface area contributed by atoms with Crippen LogP contribution in [0, 0.1) is 17.8 Å². The number of ketones is 1. The van der Waals surface area contributed by atoms with Crippen LogP contribution in [0.2, 0.25) is 0 Å². The maximum Gasteiger partial charge on any atom is 0.255 e. The van der Waals surface area contributed by atoms with E-state index in [9.17, 15) is 29.4 Å². The third kappa shape index (κ3) is 6.36. The molecule has 1 aliphatic heterocycles. The predicted octanol–water partition coefficient (Wildman–Crippen LogP) is 1.11. The third-order valence-electron chi connectivity index (χ3n) is 7.39. The molecule has 2 heterocycles. The fraction of sp³-hybridized carbons (Fsp3) is 0.464. The van der Waals surface area contributed by atoms with Crippen LogP contribution in [0.25, 0.3) is 0 Å². The number of amides is 3. The number of benzene rings is 1. The number of nitrogens with one attached hydrogen (secondary N) is 3. The van der Waals surface area contributed by atoms with Gasteiger partial charge in [0.25, 0.3) is 5.91 Å². The lowest BCUT2D eigenvalue weighted by Gasteiger charge is -2.33. The Morgan fingerprint density at radius 3 is 2.45 bits per heavy atom. The lowest BCUT2D eigenvalue weighted by molar-refractivity contribution is -0.136. The highest BCUT2D eigenvalue weighted by Crippen LogP contribution is 2.34. The highest BCUT2D eigenvalue weighted by molar-refractivity contribution is 6.00. The molecule has 6 atom stereocenters. The summed E-state index contributed by atoms with van der Waals surface area (Å²) in [7, 11) is 0. The van der Waals surface area contributed by atoms with Gasteiger partial charge in [-0.15, -0.1) is 0 Å². The largest absolute Gasteiger partial charge is 0.507 e. The van der Waals surface area contributed by atoms with E-state index in [4.69, 9.17) is 0 Å². The number of Topliss-reactive ketones (excluding diaryl/α,β-unsaturated/α-hetero) is 1. The first-order valence-electron chi connectivity index (χ1n) is 12.9. The van der Waals surface area contributed by atoms with Gasteiger partial charge in [0.15, 0.2) is 5.78 Å². The first-order valence-corrected chi connectivity index (χ1v) is 12.9. The second-order valence-electron chi connectivity index (χ2n) is 10.4. The summed E-state index contributed by atoms with van der Waals surface area (Å²) in [6, 6.07) is 6.78. The van der Waals surface area contributed by atoms with Gasteiger partial charge in [-0.3, -0.25) is 24.2 Å². The molecule has 0 radical (unpaired) electrons. The Bertz CT molecular complexity index is 1180. The number of phenols is 1. The number of aromatic hydroxyl groups is 1. The maximum atomic E-state index is 13.6. The molecule has 4 rings (SSSR count). The molecule has 202 valence electrons. The molecule has 3 amide bonds. The fourth-order valence-corrected chi connectivity index (χ4v) is 4.89. The summed E-state index contributed by atoms with van der Waals surface area (Å²) < 4.78 is 0. The van der Waals surface area contributed by atoms with E-state index in [1.165, 1.54) is 12.1 Å². The third-order valence-corrected chi connectivity index (χ3v) is 7.39. The lowest BCUT2D eigenvalue weighted by Crippen LogP contribution is -2.59. The molecule has 2 aromatic rings. The molecule has 2 fully saturated rings. The number of aliphatic hydroxyl groups is 1. The van der Waals surface area contributed by atoms with E-state index >= 15 is 0 Å². The van der Waals surface area contributed by atoms with E-state index in [1.54, 1.807) is 50.5 Å². The highest BCUT2D eigenvalue weighted by Gasteiger charge is 2.42. The van der Waals surface area contributed by atoms with Crippen molar-refractivity contribution >= 4 is 23.5 Å². The number of para-hydroxylation sites is 1. The van der Waals surface area contributed by atoms with Gasteiger partial charge in [0.05, 0.1) is 29.7 Å². The number of phenolic OH excluding ortho intramolecular Hbond substituents is 1. The van der Waals surface area contributed by atoms with E-state index in [-0.39, 0.29) is 35.9 Å². The number of nitrogens with zero attached hydrogens (tertiary/aromatic N) is 1. The normalized spacial score (nSPS) is 28.9. The number of aromatic nitrogens is 1. The van der Waals surface area contributed by atoms with Gasteiger partial charge in [-0.05, 0) is 54.9 Å². The van der Waals surface area contributed by atoms with Crippen molar-refractivity contribution < 1.29 is 29.4 Å². The van der Waals surface area contributed by atoms with Crippen molar-refractivity contribution in [3.8, 4) is 5.75 Å². The van der Waals surface area contributed by atoms with E-state index in [1.807, 2.05) is 0 Å². The van der Waals surface area contributed by atoms with Crippen LogP contribution in [0.5, 0.6) is 5.75 Å². The van der Waals surface area contributed by atoms with Gasteiger partial charge >= 0.3 is 0 Å². The molecule has 1 aliphatic carbocycles. The predicted molar refractivity (Wildman–Crippen MR) is 138 cm³/mol. The molecule has 1 saturated heterocycles. The fourth-order valence-electron chi connectivity index (χ4n) is 4.89. The molecular formula is C28H34N4O6. The Morgan fingerprint density at radius 1 is 1.05 bits per heavy atom. The summed E-state index contributed by atoms with van der Waals surface area (Å²) in [5.41, 5.74) is 0.735. The van der Waals surface area contributed by atoms with E-state index < -0.39 is 53.8 Å². The van der Waals surface area contributed by atoms with E-state index in [0.29, 0.717) is 0 Å². The average Bonchev–Trinajstić information content (AvgIpc) is 3.74. The van der Waals surface area contributed by atoms with Crippen molar-refractivity contribution in [2.45, 2.75) is 63.8 Å². The van der Waals surface area contributed by atoms with Crippen LogP contribution in [0.3, 0.4) is 0 Å². The Balaban J connectivity index is 1.66. The molecule has 0 spiro atoms. The first-order chi connectivity index (χ1) is 18.2. The van der Waals surface area contributed by atoms with Gasteiger partial charge in [0.1, 0.15) is 11.8 Å². The number of hydrogen-bond acceptors (Lipinski definition) is 7. The average molecular weight is 523 g/mol. The van der Waals surface area contributed by atoms with Crippen LogP contribution in [0.4, 0.5) is 0 Å². The molecule has 1 aromatic carbocycles. The van der Waals surface area contributed by atoms with Gasteiger partial charge < -0.3 is 26.2 Å². The van der Waals surface area contributed by atoms with Crippen molar-refractivity contribution in [2.24, 2.45) is 17.8 Å². The molecule has 10 nitrogen and oxygen atoms in total. The number of carbonyl (C=O) groups is 4. The van der Waals surface area contributed by atoms with E-state index in [0.717, 1.165) is 18.4 Å². The number of carbonyl (C=O) groups excluding carboxylic acids is 4. The van der Waals surface area contributed by atoms with Gasteiger partial charge in [0.2, 0.25) is 11.8 Å². The van der Waals surface area contributed by atoms with Gasteiger partial charge in [-0.2, -0.15) is 0 Å². The SMILES string of the molecule is C[C@H]1CC(=O)C(C2CC2)NC(=O)[C@H](C)[C@H](O)[C@H](Cc2cccnc2)NC(=O)[C@H]1NC(=O)c1ccccc1O. The van der Waals surface area contributed by atoms with Crippen molar-refractivity contribution in [2.75, 3.05) is 0 Å². The Kier molecular flexibility index (Phi) is 8.41. The summed E-state index contributed by atoms with van der Waals surface area (Å²) in [5, 5.41) is 29.7. The van der Waals surface area contributed by atoms with Crippen molar-refractivity contribution in [3.05, 3.63) is 59.9 Å². The molecule has 1 unspecified atom stereocenters. The summed E-state index contributed by atoms with van der Waals surface area (Å²) in [5.74, 6) is -3.72. The molecule has 1 aromatic heterocycles. The van der Waals surface area contributed by atoms with E-state index in [2.05, 4.69) is 20.9 Å². The van der Waals surface area contributed by atoms with Crippen molar-refractivity contribution in [1.82, 2.24) is 20.9 Å². The Hall–Kier alpha value is -3.79. The van der Waals surface area contributed by atoms with Crippen molar-refractivity contribution in [3.63, 3.8) is 0 Å². The topological polar surface area (TPSA) is 158 Å². The zero-order chi connectivity index (χ0) is 27.4. The smallest absolute Gasteiger partial charge is 0.255 e. The monoisotopic (exact) mass is 522 g/mol. The van der Waals surface area contributed by atoms with Crippen LogP contribution in [0.1, 0.15) is 49.0 Å². The molecule has 1 saturated carbocycles. The Morgan fingerprint density at radius 2 is 1.79 bits per heavy atom. The van der Waals surface area contributed by atoms with Crippen LogP contribution < -0.4 is 16.0 Å². The summed E-state index contributed by atoms with van der Waals surface area (Å²) in [4.78, 5) is 57.1. The second kappa shape index (κ2) is 11.7. The number of pyridine rings is 1. The molecular weight excluding hydrogens is 488 g/mol. The summed E-state index contributed by atoms with van der Waals surface area (Å²) in [6.07, 6.45) is 3.69. The molecule has 0 bridgehead atoms. The second-order valence-corrected chi connectivity index (χ2v) is 10.4. The zero-order valence-corrected chi connectivity index (χ0v) is 21.5. The number of aliphatic hydroxyl groups excluding tert-OH is 1. The molecule has 10 heteroatoms. The van der Waals surface area contributed by atoms with Crippen LogP contribution in [0.15, 0.2) is 48.8 Å². The quantitative estimate of drug-likeness (QED) is 0.394. The lowest BCUT2D eigenvalue weighted by atomic mass is 9.87. The standard InChI is InChI=1S/C28H34N4O6/c1-15-12-22(34)24(18-9-10-18)32-26(36)16(2)25(35)20(13-17-6-5-11-29-14-17)30-28(38)23(15)31-27(37)19-7-3-4-8-21(19)33/h3-8,11,14-16,18,20,23-25,33,35H,9-10,12-13H2,1-2H3,(H,30,38)(H,31,37)(H,32,36)/t15-,16+,20-,23-,24?,25-/m0/s1. The maximum absolute atomic E-state index is 13.6. The van der Waals surface area contributed by atoms with Gasteiger partial charge in [-0.1, -0.05) is 32.0 Å². The zero-order valence-electron chi connectivity index (χ0n) is 21.5. The number of rotatable bonds is 5. The minimum Gasteiger partial charge on any atom is -0.507 e. The van der Waals surface area contributed by atoms with Gasteiger partial charge in [0, 0.05) is 18.8 Å². The van der Waals surface area contributed by atoms with Gasteiger partial charge in [-0.25, -0.2) is 0 Å². The molecule has 2 aliphatic rings. The molecule has 5 N–H and O–H groups in total. The summed E-state index contributed by atoms with van der Waals surface area (Å²) >= 11 is 0. The van der Waals surface area contributed by atoms with Crippen molar-refractivity contribution in [1.29, 1.82) is 0 Å². The van der Waals surface area contributed by atoms with Crippen LogP contribution in [-0.4, -0.2) is 62.9 Å². The number of hydrogen-bond donors (Lipinski definition) is 5. The van der Waals surface area contributed by atoms with Crippen LogP contribution >= 0.6 is 0 Å². The highest BCUT2D eigenvalue weighted by atomic mass is 16.3. The Labute approximate surface area is 221 Å². The van der Waals surface area contributed by atoms with Crippen LogP contribution in [-0.2, 0) is 20.8 Å².